The summed E-state index contributed by atoms with van der Waals surface area (Å²) in [5.41, 5.74) is 4.55. The first kappa shape index (κ1) is 22.0. The number of methoxy groups -OCH3 is 1. The number of likely N-dealkylation sites (tertiary alicyclic amines) is 1. The van der Waals surface area contributed by atoms with E-state index in [4.69, 9.17) is 4.74 Å². The Labute approximate surface area is 199 Å². The number of amides is 1. The zero-order chi connectivity index (χ0) is 23.7. The predicted octanol–water partition coefficient (Wildman–Crippen LogP) is 3.50. The van der Waals surface area contributed by atoms with Crippen LogP contribution >= 0.6 is 0 Å². The summed E-state index contributed by atoms with van der Waals surface area (Å²) in [6.45, 7) is 0.704. The number of hydrogen-bond acceptors (Lipinski definition) is 5. The lowest BCUT2D eigenvalue weighted by atomic mass is 9.81. The van der Waals surface area contributed by atoms with Gasteiger partial charge in [0.2, 0.25) is 0 Å². The number of anilines is 1. The summed E-state index contributed by atoms with van der Waals surface area (Å²) in [7, 11) is 3.66. The standard InChI is InChI=1S/C28H27N3O3/c1-30-25-10-7-20(4-3-19-5-8-22(34-2)9-6-19)17-24(25)27-23(26(30)18-32)13-16-31(27)28(33)21-11-14-29-15-12-21/h5-12,14-15,17,23,26-27,32H,13,16,18H2,1-2H3/t23-,26+,27-/m0/s1. The number of hydrogen-bond donors (Lipinski definition) is 1. The number of ether oxygens (including phenoxy) is 1. The van der Waals surface area contributed by atoms with Crippen molar-refractivity contribution in [3.63, 3.8) is 0 Å². The molecule has 2 aliphatic heterocycles. The van der Waals surface area contributed by atoms with Crippen LogP contribution in [-0.4, -0.2) is 54.2 Å². The highest BCUT2D eigenvalue weighted by Crippen LogP contribution is 2.49. The monoisotopic (exact) mass is 453 g/mol. The molecule has 5 rings (SSSR count). The van der Waals surface area contributed by atoms with E-state index in [-0.39, 0.29) is 30.5 Å². The smallest absolute Gasteiger partial charge is 0.254 e. The summed E-state index contributed by atoms with van der Waals surface area (Å²) in [5.74, 6) is 7.44. The number of aliphatic hydroxyl groups excluding tert-OH is 1. The summed E-state index contributed by atoms with van der Waals surface area (Å²) in [5, 5.41) is 10.2. The minimum absolute atomic E-state index is 0.00295. The van der Waals surface area contributed by atoms with Crippen molar-refractivity contribution in [3.8, 4) is 17.6 Å². The van der Waals surface area contributed by atoms with Crippen molar-refractivity contribution in [3.05, 3.63) is 89.2 Å². The Hall–Kier alpha value is -3.82. The van der Waals surface area contributed by atoms with Crippen molar-refractivity contribution in [2.75, 3.05) is 32.2 Å². The molecule has 6 heteroatoms. The first-order chi connectivity index (χ1) is 16.6. The number of pyridine rings is 1. The third kappa shape index (κ3) is 3.89. The lowest BCUT2D eigenvalue weighted by Crippen LogP contribution is -2.48. The van der Waals surface area contributed by atoms with Gasteiger partial charge in [0, 0.05) is 54.3 Å². The van der Waals surface area contributed by atoms with Crippen molar-refractivity contribution in [1.82, 2.24) is 9.88 Å². The van der Waals surface area contributed by atoms with Crippen LogP contribution in [0.3, 0.4) is 0 Å². The Bertz CT molecular complexity index is 1250. The lowest BCUT2D eigenvalue weighted by Gasteiger charge is -2.44. The molecule has 34 heavy (non-hydrogen) atoms. The minimum atomic E-state index is -0.105. The van der Waals surface area contributed by atoms with Crippen LogP contribution in [0.4, 0.5) is 5.69 Å². The van der Waals surface area contributed by atoms with Crippen molar-refractivity contribution >= 4 is 11.6 Å². The predicted molar refractivity (Wildman–Crippen MR) is 131 cm³/mol. The fourth-order valence-corrected chi connectivity index (χ4v) is 5.24. The van der Waals surface area contributed by atoms with E-state index in [2.05, 4.69) is 33.9 Å². The van der Waals surface area contributed by atoms with E-state index in [0.29, 0.717) is 12.1 Å². The number of carbonyl (C=O) groups is 1. The van der Waals surface area contributed by atoms with Gasteiger partial charge < -0.3 is 19.6 Å². The average Bonchev–Trinajstić information content (AvgIpc) is 3.33. The largest absolute Gasteiger partial charge is 0.497 e. The number of benzene rings is 2. The molecule has 0 bridgehead atoms. The topological polar surface area (TPSA) is 65.9 Å². The quantitative estimate of drug-likeness (QED) is 0.615. The van der Waals surface area contributed by atoms with E-state index in [0.717, 1.165) is 34.5 Å². The molecule has 1 saturated heterocycles. The van der Waals surface area contributed by atoms with Gasteiger partial charge in [0.1, 0.15) is 5.75 Å². The molecule has 0 unspecified atom stereocenters. The highest BCUT2D eigenvalue weighted by Gasteiger charge is 2.47. The molecule has 1 amide bonds. The zero-order valence-corrected chi connectivity index (χ0v) is 19.3. The van der Waals surface area contributed by atoms with E-state index in [1.54, 1.807) is 31.6 Å². The van der Waals surface area contributed by atoms with Crippen LogP contribution in [0.25, 0.3) is 0 Å². The van der Waals surface area contributed by atoms with Crippen LogP contribution in [0.2, 0.25) is 0 Å². The van der Waals surface area contributed by atoms with Crippen LogP contribution in [0.1, 0.15) is 39.5 Å². The molecule has 1 N–H and O–H groups in total. The van der Waals surface area contributed by atoms with Gasteiger partial charge in [-0.3, -0.25) is 9.78 Å². The molecule has 0 radical (unpaired) electrons. The first-order valence-corrected chi connectivity index (χ1v) is 11.5. The maximum Gasteiger partial charge on any atom is 0.254 e. The molecule has 0 saturated carbocycles. The molecule has 0 spiro atoms. The number of rotatable bonds is 3. The fourth-order valence-electron chi connectivity index (χ4n) is 5.24. The van der Waals surface area contributed by atoms with Crippen LogP contribution in [0.15, 0.2) is 67.0 Å². The Morgan fingerprint density at radius 2 is 1.79 bits per heavy atom. The van der Waals surface area contributed by atoms with Crippen LogP contribution in [0, 0.1) is 17.8 Å². The zero-order valence-electron chi connectivity index (χ0n) is 19.3. The highest BCUT2D eigenvalue weighted by atomic mass is 16.5. The van der Waals surface area contributed by atoms with Crippen molar-refractivity contribution in [2.24, 2.45) is 5.92 Å². The summed E-state index contributed by atoms with van der Waals surface area (Å²) >= 11 is 0. The number of nitrogens with zero attached hydrogens (tertiary/aromatic N) is 3. The molecule has 3 heterocycles. The molecular weight excluding hydrogens is 426 g/mol. The van der Waals surface area contributed by atoms with E-state index >= 15 is 0 Å². The van der Waals surface area contributed by atoms with Crippen LogP contribution in [0.5, 0.6) is 5.75 Å². The number of fused-ring (bicyclic) bond motifs is 3. The fraction of sp³-hybridized carbons (Fsp3) is 0.286. The third-order valence-electron chi connectivity index (χ3n) is 6.98. The Morgan fingerprint density at radius 1 is 1.09 bits per heavy atom. The highest BCUT2D eigenvalue weighted by molar-refractivity contribution is 5.94. The Kier molecular flexibility index (Phi) is 5.95. The molecular formula is C28H27N3O3. The van der Waals surface area contributed by atoms with E-state index in [1.807, 2.05) is 42.3 Å². The van der Waals surface area contributed by atoms with Crippen LogP contribution in [-0.2, 0) is 0 Å². The number of aliphatic hydroxyl groups is 1. The Balaban J connectivity index is 1.52. The van der Waals surface area contributed by atoms with Gasteiger partial charge in [0.15, 0.2) is 0 Å². The van der Waals surface area contributed by atoms with Crippen molar-refractivity contribution in [1.29, 1.82) is 0 Å². The van der Waals surface area contributed by atoms with Gasteiger partial charge >= 0.3 is 0 Å². The maximum atomic E-state index is 13.4. The average molecular weight is 454 g/mol. The molecule has 2 aliphatic rings. The number of likely N-dealkylation sites (N-methyl/N-ethyl adjacent to an activating group) is 1. The summed E-state index contributed by atoms with van der Waals surface area (Å²) in [4.78, 5) is 21.6. The lowest BCUT2D eigenvalue weighted by molar-refractivity contribution is 0.0694. The second kappa shape index (κ2) is 9.20. The molecule has 3 aromatic rings. The number of carbonyl (C=O) groups excluding carboxylic acids is 1. The molecule has 3 atom stereocenters. The maximum absolute atomic E-state index is 13.4. The van der Waals surface area contributed by atoms with Crippen molar-refractivity contribution < 1.29 is 14.6 Å². The van der Waals surface area contributed by atoms with E-state index in [9.17, 15) is 9.90 Å². The van der Waals surface area contributed by atoms with E-state index < -0.39 is 0 Å². The van der Waals surface area contributed by atoms with Gasteiger partial charge in [-0.25, -0.2) is 0 Å². The SMILES string of the molecule is COc1ccc(C#Cc2ccc3c(c2)[C@@H]2[C@@H](CCN2C(=O)c2ccncc2)[C@@H](CO)N3C)cc1. The van der Waals surface area contributed by atoms with Gasteiger partial charge in [-0.2, -0.15) is 0 Å². The molecule has 1 aromatic heterocycles. The van der Waals surface area contributed by atoms with Gasteiger partial charge in [-0.15, -0.1) is 0 Å². The Morgan fingerprint density at radius 3 is 2.50 bits per heavy atom. The van der Waals surface area contributed by atoms with E-state index in [1.165, 1.54) is 0 Å². The van der Waals surface area contributed by atoms with Crippen LogP contribution < -0.4 is 9.64 Å². The normalized spacial score (nSPS) is 20.7. The molecule has 0 aliphatic carbocycles. The molecule has 172 valence electrons. The molecule has 2 aromatic carbocycles. The van der Waals surface area contributed by atoms with Gasteiger partial charge in [-0.05, 0) is 66.6 Å². The summed E-state index contributed by atoms with van der Waals surface area (Å²) < 4.78 is 5.22. The van der Waals surface area contributed by atoms with Gasteiger partial charge in [0.05, 0.1) is 25.8 Å². The summed E-state index contributed by atoms with van der Waals surface area (Å²) in [6, 6.07) is 17.2. The summed E-state index contributed by atoms with van der Waals surface area (Å²) in [6.07, 6.45) is 4.14. The second-order valence-electron chi connectivity index (χ2n) is 8.74. The van der Waals surface area contributed by atoms with Gasteiger partial charge in [0.25, 0.3) is 5.91 Å². The third-order valence-corrected chi connectivity index (χ3v) is 6.98. The molecule has 1 fully saturated rings. The first-order valence-electron chi connectivity index (χ1n) is 11.5. The second-order valence-corrected chi connectivity index (χ2v) is 8.74. The van der Waals surface area contributed by atoms with Crippen molar-refractivity contribution in [2.45, 2.75) is 18.5 Å². The number of aromatic nitrogens is 1. The van der Waals surface area contributed by atoms with Gasteiger partial charge in [-0.1, -0.05) is 11.8 Å². The minimum Gasteiger partial charge on any atom is -0.497 e. The molecule has 6 nitrogen and oxygen atoms in total.